The Bertz CT molecular complexity index is 544. The SMILES string of the molecule is CCCNCc1nnc(-c2ccc(Br)cc2OC)s1. The van der Waals surface area contributed by atoms with E-state index in [1.807, 2.05) is 18.2 Å². The first-order chi connectivity index (χ1) is 9.24. The van der Waals surface area contributed by atoms with Crippen molar-refractivity contribution in [2.75, 3.05) is 13.7 Å². The number of aromatic nitrogens is 2. The zero-order valence-electron chi connectivity index (χ0n) is 10.9. The lowest BCUT2D eigenvalue weighted by Gasteiger charge is -2.05. The molecule has 1 aromatic heterocycles. The minimum absolute atomic E-state index is 0.768. The molecule has 0 amide bonds. The Kier molecular flexibility index (Phi) is 5.30. The highest BCUT2D eigenvalue weighted by atomic mass is 79.9. The maximum Gasteiger partial charge on any atom is 0.151 e. The number of nitrogens with zero attached hydrogens (tertiary/aromatic N) is 2. The molecule has 2 rings (SSSR count). The van der Waals surface area contributed by atoms with Crippen molar-refractivity contribution in [2.24, 2.45) is 0 Å². The topological polar surface area (TPSA) is 47.0 Å². The molecule has 1 heterocycles. The number of halogens is 1. The first-order valence-electron chi connectivity index (χ1n) is 6.11. The largest absolute Gasteiger partial charge is 0.496 e. The van der Waals surface area contributed by atoms with E-state index in [0.717, 1.165) is 45.3 Å². The number of ether oxygens (including phenoxy) is 1. The monoisotopic (exact) mass is 341 g/mol. The number of hydrogen-bond donors (Lipinski definition) is 1. The van der Waals surface area contributed by atoms with Crippen LogP contribution in [-0.2, 0) is 6.54 Å². The summed E-state index contributed by atoms with van der Waals surface area (Å²) >= 11 is 5.03. The van der Waals surface area contributed by atoms with E-state index in [1.165, 1.54) is 0 Å². The molecular formula is C13H16BrN3OS. The van der Waals surface area contributed by atoms with Gasteiger partial charge >= 0.3 is 0 Å². The van der Waals surface area contributed by atoms with E-state index in [1.54, 1.807) is 18.4 Å². The van der Waals surface area contributed by atoms with Crippen LogP contribution in [0.4, 0.5) is 0 Å². The van der Waals surface area contributed by atoms with Crippen molar-refractivity contribution in [2.45, 2.75) is 19.9 Å². The summed E-state index contributed by atoms with van der Waals surface area (Å²) in [7, 11) is 1.66. The molecule has 1 N–H and O–H groups in total. The molecule has 102 valence electrons. The fraction of sp³-hybridized carbons (Fsp3) is 0.385. The molecule has 0 aliphatic heterocycles. The van der Waals surface area contributed by atoms with Crippen molar-refractivity contribution in [1.82, 2.24) is 15.5 Å². The normalized spacial score (nSPS) is 10.7. The summed E-state index contributed by atoms with van der Waals surface area (Å²) < 4.78 is 6.37. The third-order valence-electron chi connectivity index (χ3n) is 2.56. The Morgan fingerprint density at radius 3 is 2.95 bits per heavy atom. The molecule has 0 aliphatic carbocycles. The lowest BCUT2D eigenvalue weighted by atomic mass is 10.2. The van der Waals surface area contributed by atoms with Gasteiger partial charge in [-0.05, 0) is 31.2 Å². The molecule has 0 fully saturated rings. The molecule has 0 atom stereocenters. The third kappa shape index (κ3) is 3.75. The van der Waals surface area contributed by atoms with Gasteiger partial charge < -0.3 is 10.1 Å². The van der Waals surface area contributed by atoms with Crippen LogP contribution in [0.5, 0.6) is 5.75 Å². The van der Waals surface area contributed by atoms with Gasteiger partial charge in [-0.25, -0.2) is 0 Å². The molecule has 0 aliphatic rings. The summed E-state index contributed by atoms with van der Waals surface area (Å²) in [5, 5.41) is 13.6. The van der Waals surface area contributed by atoms with Gasteiger partial charge in [-0.3, -0.25) is 0 Å². The van der Waals surface area contributed by atoms with E-state index in [4.69, 9.17) is 4.74 Å². The third-order valence-corrected chi connectivity index (χ3v) is 4.01. The predicted octanol–water partition coefficient (Wildman–Crippen LogP) is 3.48. The van der Waals surface area contributed by atoms with Gasteiger partial charge in [0.05, 0.1) is 12.7 Å². The van der Waals surface area contributed by atoms with Crippen molar-refractivity contribution in [3.63, 3.8) is 0 Å². The highest BCUT2D eigenvalue weighted by Gasteiger charge is 2.11. The second kappa shape index (κ2) is 6.98. The quantitative estimate of drug-likeness (QED) is 0.817. The second-order valence-electron chi connectivity index (χ2n) is 4.02. The van der Waals surface area contributed by atoms with E-state index in [9.17, 15) is 0 Å². The summed E-state index contributed by atoms with van der Waals surface area (Å²) in [5.41, 5.74) is 0.977. The maximum atomic E-state index is 5.38. The average Bonchev–Trinajstić information content (AvgIpc) is 2.87. The van der Waals surface area contributed by atoms with E-state index in [0.29, 0.717) is 0 Å². The first kappa shape index (κ1) is 14.4. The predicted molar refractivity (Wildman–Crippen MR) is 81.6 cm³/mol. The molecule has 0 saturated heterocycles. The summed E-state index contributed by atoms with van der Waals surface area (Å²) in [4.78, 5) is 0. The fourth-order valence-corrected chi connectivity index (χ4v) is 2.83. The van der Waals surface area contributed by atoms with Crippen LogP contribution in [-0.4, -0.2) is 23.9 Å². The minimum Gasteiger partial charge on any atom is -0.496 e. The van der Waals surface area contributed by atoms with Crippen molar-refractivity contribution >= 4 is 27.3 Å². The van der Waals surface area contributed by atoms with Crippen molar-refractivity contribution in [3.05, 3.63) is 27.7 Å². The molecule has 0 unspecified atom stereocenters. The lowest BCUT2D eigenvalue weighted by Crippen LogP contribution is -2.13. The van der Waals surface area contributed by atoms with E-state index >= 15 is 0 Å². The van der Waals surface area contributed by atoms with Gasteiger partial charge in [0.2, 0.25) is 0 Å². The van der Waals surface area contributed by atoms with Crippen LogP contribution in [0.25, 0.3) is 10.6 Å². The Morgan fingerprint density at radius 2 is 2.21 bits per heavy atom. The van der Waals surface area contributed by atoms with E-state index in [-0.39, 0.29) is 0 Å². The highest BCUT2D eigenvalue weighted by Crippen LogP contribution is 2.34. The van der Waals surface area contributed by atoms with Gasteiger partial charge in [0, 0.05) is 11.0 Å². The first-order valence-corrected chi connectivity index (χ1v) is 7.72. The molecule has 4 nitrogen and oxygen atoms in total. The van der Waals surface area contributed by atoms with Crippen LogP contribution < -0.4 is 10.1 Å². The molecule has 6 heteroatoms. The molecule has 0 spiro atoms. The van der Waals surface area contributed by atoms with Crippen LogP contribution in [0.3, 0.4) is 0 Å². The average molecular weight is 342 g/mol. The van der Waals surface area contributed by atoms with Gasteiger partial charge in [0.25, 0.3) is 0 Å². The van der Waals surface area contributed by atoms with Gasteiger partial charge in [-0.15, -0.1) is 10.2 Å². The zero-order valence-corrected chi connectivity index (χ0v) is 13.3. The Hall–Kier alpha value is -0.980. The highest BCUT2D eigenvalue weighted by molar-refractivity contribution is 9.10. The Balaban J connectivity index is 2.18. The van der Waals surface area contributed by atoms with Crippen LogP contribution in [0.1, 0.15) is 18.4 Å². The van der Waals surface area contributed by atoms with E-state index < -0.39 is 0 Å². The molecule has 19 heavy (non-hydrogen) atoms. The summed E-state index contributed by atoms with van der Waals surface area (Å²) in [5.74, 6) is 0.804. The number of rotatable bonds is 6. The maximum absolute atomic E-state index is 5.38. The van der Waals surface area contributed by atoms with E-state index in [2.05, 4.69) is 38.4 Å². The Morgan fingerprint density at radius 1 is 1.37 bits per heavy atom. The molecule has 0 radical (unpaired) electrons. The van der Waals surface area contributed by atoms with Crippen molar-refractivity contribution in [3.8, 4) is 16.3 Å². The zero-order chi connectivity index (χ0) is 13.7. The summed E-state index contributed by atoms with van der Waals surface area (Å²) in [6.07, 6.45) is 1.12. The van der Waals surface area contributed by atoms with Crippen LogP contribution in [0, 0.1) is 0 Å². The molecule has 1 aromatic carbocycles. The van der Waals surface area contributed by atoms with Crippen molar-refractivity contribution < 1.29 is 4.74 Å². The number of nitrogens with one attached hydrogen (secondary N) is 1. The molecular weight excluding hydrogens is 326 g/mol. The lowest BCUT2D eigenvalue weighted by molar-refractivity contribution is 0.416. The van der Waals surface area contributed by atoms with Gasteiger partial charge in [-0.2, -0.15) is 0 Å². The van der Waals surface area contributed by atoms with Gasteiger partial charge in [-0.1, -0.05) is 34.2 Å². The summed E-state index contributed by atoms with van der Waals surface area (Å²) in [6, 6.07) is 5.91. The molecule has 0 bridgehead atoms. The smallest absolute Gasteiger partial charge is 0.151 e. The molecule has 0 saturated carbocycles. The van der Waals surface area contributed by atoms with Gasteiger partial charge in [0.15, 0.2) is 5.01 Å². The number of benzene rings is 1. The standard InChI is InChI=1S/C13H16BrN3OS/c1-3-6-15-8-12-16-17-13(19-12)10-5-4-9(14)7-11(10)18-2/h4-5,7,15H,3,6,8H2,1-2H3. The number of hydrogen-bond acceptors (Lipinski definition) is 5. The fourth-order valence-electron chi connectivity index (χ4n) is 1.65. The van der Waals surface area contributed by atoms with Crippen molar-refractivity contribution in [1.29, 1.82) is 0 Å². The second-order valence-corrected chi connectivity index (χ2v) is 6.00. The van der Waals surface area contributed by atoms with Gasteiger partial charge in [0.1, 0.15) is 10.8 Å². The van der Waals surface area contributed by atoms with Crippen LogP contribution in [0.15, 0.2) is 22.7 Å². The molecule has 2 aromatic rings. The number of methoxy groups -OCH3 is 1. The minimum atomic E-state index is 0.768. The summed E-state index contributed by atoms with van der Waals surface area (Å²) in [6.45, 7) is 3.91. The van der Waals surface area contributed by atoms with Crippen LogP contribution >= 0.6 is 27.3 Å². The van der Waals surface area contributed by atoms with Crippen LogP contribution in [0.2, 0.25) is 0 Å². The Labute approximate surface area is 125 Å².